The molecule has 0 bridgehead atoms. The number of hydrogen-bond donors (Lipinski definition) is 1. The largest absolute Gasteiger partial charge is 0.311 e. The van der Waals surface area contributed by atoms with Crippen molar-refractivity contribution in [3.63, 3.8) is 0 Å². The maximum atomic E-state index is 3.70. The van der Waals surface area contributed by atoms with Gasteiger partial charge in [-0.25, -0.2) is 0 Å². The van der Waals surface area contributed by atoms with Gasteiger partial charge in [-0.15, -0.1) is 0 Å². The number of hydrogen-bond acceptors (Lipinski definition) is 2. The van der Waals surface area contributed by atoms with Gasteiger partial charge in [-0.2, -0.15) is 0 Å². The van der Waals surface area contributed by atoms with Gasteiger partial charge in [0.2, 0.25) is 0 Å². The summed E-state index contributed by atoms with van der Waals surface area (Å²) in [6.07, 6.45) is 5.55. The summed E-state index contributed by atoms with van der Waals surface area (Å²) in [5.41, 5.74) is 0.531. The van der Waals surface area contributed by atoms with E-state index >= 15 is 0 Å². The minimum absolute atomic E-state index is 0.531. The third kappa shape index (κ3) is 2.68. The summed E-state index contributed by atoms with van der Waals surface area (Å²) in [7, 11) is 2.23. The van der Waals surface area contributed by atoms with Crippen LogP contribution in [0.1, 0.15) is 32.6 Å². The van der Waals surface area contributed by atoms with Crippen molar-refractivity contribution < 1.29 is 0 Å². The number of piperidine rings is 1. The van der Waals surface area contributed by atoms with Crippen LogP contribution in [0.3, 0.4) is 0 Å². The predicted molar refractivity (Wildman–Crippen MR) is 55.9 cm³/mol. The van der Waals surface area contributed by atoms with Crippen LogP contribution in [0.25, 0.3) is 0 Å². The summed E-state index contributed by atoms with van der Waals surface area (Å²) in [5, 5.41) is 3.70. The summed E-state index contributed by atoms with van der Waals surface area (Å²) in [4.78, 5) is 2.44. The van der Waals surface area contributed by atoms with E-state index in [1.807, 2.05) is 0 Å². The summed E-state index contributed by atoms with van der Waals surface area (Å²) in [5.74, 6) is 0.939. The topological polar surface area (TPSA) is 15.3 Å². The third-order valence-corrected chi connectivity index (χ3v) is 3.66. The average Bonchev–Trinajstić information content (AvgIpc) is 2.84. The minimum atomic E-state index is 0.531. The van der Waals surface area contributed by atoms with Gasteiger partial charge < -0.3 is 10.2 Å². The number of rotatable bonds is 3. The van der Waals surface area contributed by atoms with Gasteiger partial charge >= 0.3 is 0 Å². The van der Waals surface area contributed by atoms with Crippen molar-refractivity contribution in [1.82, 2.24) is 10.2 Å². The van der Waals surface area contributed by atoms with E-state index in [-0.39, 0.29) is 0 Å². The van der Waals surface area contributed by atoms with Crippen LogP contribution in [0.15, 0.2) is 0 Å². The van der Waals surface area contributed by atoms with Crippen molar-refractivity contribution in [2.75, 3.05) is 26.7 Å². The zero-order valence-electron chi connectivity index (χ0n) is 8.97. The van der Waals surface area contributed by atoms with Crippen LogP contribution < -0.4 is 5.32 Å². The van der Waals surface area contributed by atoms with Gasteiger partial charge in [0.1, 0.15) is 0 Å². The fourth-order valence-corrected chi connectivity index (χ4v) is 2.02. The van der Waals surface area contributed by atoms with Gasteiger partial charge in [0.15, 0.2) is 0 Å². The average molecular weight is 182 g/mol. The molecule has 0 aromatic heterocycles. The highest BCUT2D eigenvalue weighted by Crippen LogP contribution is 2.34. The molecule has 1 saturated carbocycles. The van der Waals surface area contributed by atoms with E-state index in [0.29, 0.717) is 5.54 Å². The van der Waals surface area contributed by atoms with Crippen LogP contribution in [0.5, 0.6) is 0 Å². The third-order valence-electron chi connectivity index (χ3n) is 3.66. The molecule has 0 aromatic rings. The lowest BCUT2D eigenvalue weighted by Gasteiger charge is -2.29. The highest BCUT2D eigenvalue weighted by atomic mass is 15.1. The van der Waals surface area contributed by atoms with E-state index in [2.05, 4.69) is 24.2 Å². The highest BCUT2D eigenvalue weighted by molar-refractivity contribution is 4.97. The first-order chi connectivity index (χ1) is 6.18. The van der Waals surface area contributed by atoms with Gasteiger partial charge in [-0.3, -0.25) is 0 Å². The molecule has 2 fully saturated rings. The van der Waals surface area contributed by atoms with Crippen molar-refractivity contribution in [3.8, 4) is 0 Å². The molecule has 0 radical (unpaired) electrons. The molecule has 13 heavy (non-hydrogen) atoms. The molecule has 1 heterocycles. The molecular weight excluding hydrogens is 160 g/mol. The Bertz CT molecular complexity index is 167. The summed E-state index contributed by atoms with van der Waals surface area (Å²) in [6.45, 7) is 6.19. The first-order valence-electron chi connectivity index (χ1n) is 5.62. The maximum absolute atomic E-state index is 3.70. The summed E-state index contributed by atoms with van der Waals surface area (Å²) in [6, 6.07) is 0. The second-order valence-corrected chi connectivity index (χ2v) is 5.19. The fourth-order valence-electron chi connectivity index (χ4n) is 2.02. The Morgan fingerprint density at radius 2 is 1.92 bits per heavy atom. The van der Waals surface area contributed by atoms with Gasteiger partial charge in [0.05, 0.1) is 0 Å². The Kier molecular flexibility index (Phi) is 2.61. The van der Waals surface area contributed by atoms with Crippen molar-refractivity contribution in [2.45, 2.75) is 38.1 Å². The van der Waals surface area contributed by atoms with E-state index in [1.54, 1.807) is 0 Å². The predicted octanol–water partition coefficient (Wildman–Crippen LogP) is 1.47. The maximum Gasteiger partial charge on any atom is 0.0154 e. The molecule has 1 saturated heterocycles. The first-order valence-corrected chi connectivity index (χ1v) is 5.62. The fraction of sp³-hybridized carbons (Fsp3) is 1.00. The molecule has 0 spiro atoms. The highest BCUT2D eigenvalue weighted by Gasteiger charge is 2.36. The van der Waals surface area contributed by atoms with Crippen LogP contribution >= 0.6 is 0 Å². The molecule has 1 aliphatic heterocycles. The summed E-state index contributed by atoms with van der Waals surface area (Å²) < 4.78 is 0. The molecule has 2 nitrogen and oxygen atoms in total. The molecule has 0 atom stereocenters. The van der Waals surface area contributed by atoms with E-state index in [4.69, 9.17) is 0 Å². The van der Waals surface area contributed by atoms with Crippen LogP contribution in [0.2, 0.25) is 0 Å². The van der Waals surface area contributed by atoms with Gasteiger partial charge in [0, 0.05) is 5.54 Å². The van der Waals surface area contributed by atoms with Crippen LogP contribution in [-0.4, -0.2) is 37.1 Å². The van der Waals surface area contributed by atoms with Gasteiger partial charge in [-0.1, -0.05) is 0 Å². The molecule has 2 aliphatic rings. The smallest absolute Gasteiger partial charge is 0.0154 e. The Balaban J connectivity index is 1.65. The minimum Gasteiger partial charge on any atom is -0.311 e. The Hall–Kier alpha value is -0.0800. The normalized spacial score (nSPS) is 29.1. The SMILES string of the molecule is CN1CCC(CNC2(C)CC2)CC1. The Morgan fingerprint density at radius 3 is 2.46 bits per heavy atom. The second kappa shape index (κ2) is 3.58. The van der Waals surface area contributed by atoms with Crippen molar-refractivity contribution in [2.24, 2.45) is 5.92 Å². The van der Waals surface area contributed by atoms with Crippen molar-refractivity contribution in [1.29, 1.82) is 0 Å². The van der Waals surface area contributed by atoms with Crippen LogP contribution in [0, 0.1) is 5.92 Å². The molecule has 76 valence electrons. The second-order valence-electron chi connectivity index (χ2n) is 5.19. The zero-order valence-corrected chi connectivity index (χ0v) is 8.97. The lowest BCUT2D eigenvalue weighted by molar-refractivity contribution is 0.212. The van der Waals surface area contributed by atoms with Crippen molar-refractivity contribution in [3.05, 3.63) is 0 Å². The molecule has 0 unspecified atom stereocenters. The number of nitrogens with zero attached hydrogens (tertiary/aromatic N) is 1. The molecule has 1 aliphatic carbocycles. The zero-order chi connectivity index (χ0) is 9.31. The molecular formula is C11H22N2. The standard InChI is InChI=1S/C11H22N2/c1-11(5-6-11)12-9-10-3-7-13(2)8-4-10/h10,12H,3-9H2,1-2H3. The first kappa shape index (κ1) is 9.47. The Labute approximate surface area is 81.7 Å². The monoisotopic (exact) mass is 182 g/mol. The van der Waals surface area contributed by atoms with E-state index in [1.165, 1.54) is 45.3 Å². The van der Waals surface area contributed by atoms with E-state index < -0.39 is 0 Å². The van der Waals surface area contributed by atoms with E-state index in [9.17, 15) is 0 Å². The quantitative estimate of drug-likeness (QED) is 0.711. The Morgan fingerprint density at radius 1 is 1.31 bits per heavy atom. The molecule has 2 heteroatoms. The number of nitrogens with one attached hydrogen (secondary N) is 1. The van der Waals surface area contributed by atoms with Crippen LogP contribution in [0.4, 0.5) is 0 Å². The molecule has 0 amide bonds. The van der Waals surface area contributed by atoms with Crippen molar-refractivity contribution >= 4 is 0 Å². The lowest BCUT2D eigenvalue weighted by atomic mass is 9.97. The van der Waals surface area contributed by atoms with Gasteiger partial charge in [0.25, 0.3) is 0 Å². The van der Waals surface area contributed by atoms with Crippen LogP contribution in [-0.2, 0) is 0 Å². The number of likely N-dealkylation sites (tertiary alicyclic amines) is 1. The lowest BCUT2D eigenvalue weighted by Crippen LogP contribution is -2.38. The van der Waals surface area contributed by atoms with Gasteiger partial charge in [-0.05, 0) is 65.2 Å². The summed E-state index contributed by atoms with van der Waals surface area (Å²) >= 11 is 0. The molecule has 1 N–H and O–H groups in total. The molecule has 0 aromatic carbocycles. The van der Waals surface area contributed by atoms with E-state index in [0.717, 1.165) is 5.92 Å². The molecule has 2 rings (SSSR count).